The van der Waals surface area contributed by atoms with Gasteiger partial charge in [0.1, 0.15) is 5.82 Å². The van der Waals surface area contributed by atoms with Crippen molar-refractivity contribution in [2.45, 2.75) is 46.0 Å². The van der Waals surface area contributed by atoms with E-state index in [-0.39, 0.29) is 5.82 Å². The number of carboxylic acids is 1. The van der Waals surface area contributed by atoms with Gasteiger partial charge in [-0.25, -0.2) is 4.39 Å². The lowest BCUT2D eigenvalue weighted by Gasteiger charge is -2.36. The van der Waals surface area contributed by atoms with Gasteiger partial charge in [-0.1, -0.05) is 13.0 Å². The van der Waals surface area contributed by atoms with Crippen LogP contribution in [0.3, 0.4) is 0 Å². The lowest BCUT2D eigenvalue weighted by atomic mass is 9.67. The number of carboxylic acid groups (broad SMARTS) is 1. The van der Waals surface area contributed by atoms with E-state index in [9.17, 15) is 14.3 Å². The number of halogens is 1. The molecule has 1 N–H and O–H groups in total. The van der Waals surface area contributed by atoms with Crippen LogP contribution in [0, 0.1) is 24.1 Å². The van der Waals surface area contributed by atoms with Crippen LogP contribution in [-0.2, 0) is 11.2 Å². The fourth-order valence-electron chi connectivity index (χ4n) is 3.00. The van der Waals surface area contributed by atoms with E-state index in [1.54, 1.807) is 6.07 Å². The molecule has 0 spiro atoms. The minimum Gasteiger partial charge on any atom is -0.481 e. The van der Waals surface area contributed by atoms with Crippen LogP contribution in [0.1, 0.15) is 43.7 Å². The van der Waals surface area contributed by atoms with Gasteiger partial charge in [0.05, 0.1) is 5.41 Å². The van der Waals surface area contributed by atoms with Gasteiger partial charge in [-0.3, -0.25) is 4.79 Å². The van der Waals surface area contributed by atoms with Crippen molar-refractivity contribution in [3.8, 4) is 0 Å². The van der Waals surface area contributed by atoms with Gasteiger partial charge in [-0.05, 0) is 68.2 Å². The smallest absolute Gasteiger partial charge is 0.309 e. The molecular weight excluding hydrogens is 243 g/mol. The molecule has 0 radical (unpaired) electrons. The Labute approximate surface area is 113 Å². The van der Waals surface area contributed by atoms with Crippen LogP contribution >= 0.6 is 0 Å². The van der Waals surface area contributed by atoms with E-state index in [4.69, 9.17) is 0 Å². The van der Waals surface area contributed by atoms with Gasteiger partial charge in [0.25, 0.3) is 0 Å². The summed E-state index contributed by atoms with van der Waals surface area (Å²) in [7, 11) is 0. The van der Waals surface area contributed by atoms with E-state index < -0.39 is 11.4 Å². The summed E-state index contributed by atoms with van der Waals surface area (Å²) in [6.07, 6.45) is 3.89. The van der Waals surface area contributed by atoms with Crippen molar-refractivity contribution in [2.75, 3.05) is 0 Å². The van der Waals surface area contributed by atoms with Crippen molar-refractivity contribution in [1.29, 1.82) is 0 Å². The molecule has 3 heteroatoms. The van der Waals surface area contributed by atoms with E-state index >= 15 is 0 Å². The molecule has 2 nitrogen and oxygen atoms in total. The summed E-state index contributed by atoms with van der Waals surface area (Å²) in [4.78, 5) is 11.7. The first-order chi connectivity index (χ1) is 8.93. The maximum absolute atomic E-state index is 13.1. The van der Waals surface area contributed by atoms with Crippen LogP contribution in [0.5, 0.6) is 0 Å². The highest BCUT2D eigenvalue weighted by Gasteiger charge is 2.41. The highest BCUT2D eigenvalue weighted by Crippen LogP contribution is 2.42. The summed E-state index contributed by atoms with van der Waals surface area (Å²) >= 11 is 0. The van der Waals surface area contributed by atoms with E-state index in [0.717, 1.165) is 36.8 Å². The van der Waals surface area contributed by atoms with Crippen LogP contribution in [0.4, 0.5) is 4.39 Å². The SMILES string of the molecule is Cc1cc(F)ccc1CC1(C(=O)O)CCC(C)CC1. The van der Waals surface area contributed by atoms with Crippen molar-refractivity contribution in [2.24, 2.45) is 11.3 Å². The van der Waals surface area contributed by atoms with Gasteiger partial charge < -0.3 is 5.11 Å². The Kier molecular flexibility index (Phi) is 3.93. The molecule has 1 aliphatic rings. The van der Waals surface area contributed by atoms with Gasteiger partial charge in [-0.15, -0.1) is 0 Å². The second kappa shape index (κ2) is 5.32. The quantitative estimate of drug-likeness (QED) is 0.897. The molecule has 2 rings (SSSR count). The minimum absolute atomic E-state index is 0.261. The lowest BCUT2D eigenvalue weighted by Crippen LogP contribution is -2.37. The fourth-order valence-corrected chi connectivity index (χ4v) is 3.00. The van der Waals surface area contributed by atoms with Crippen LogP contribution in [0.25, 0.3) is 0 Å². The number of rotatable bonds is 3. The first kappa shape index (κ1) is 14.0. The summed E-state index contributed by atoms with van der Waals surface area (Å²) in [5.74, 6) is -0.354. The molecule has 1 aliphatic carbocycles. The zero-order chi connectivity index (χ0) is 14.0. The molecule has 0 aliphatic heterocycles. The zero-order valence-electron chi connectivity index (χ0n) is 11.6. The maximum atomic E-state index is 13.1. The normalized spacial score (nSPS) is 27.2. The summed E-state index contributed by atoms with van der Waals surface area (Å²) < 4.78 is 13.1. The molecule has 19 heavy (non-hydrogen) atoms. The van der Waals surface area contributed by atoms with E-state index in [1.165, 1.54) is 12.1 Å². The molecule has 0 aromatic heterocycles. The molecule has 1 fully saturated rings. The number of hydrogen-bond acceptors (Lipinski definition) is 1. The third-order valence-electron chi connectivity index (χ3n) is 4.52. The Morgan fingerprint density at radius 1 is 1.42 bits per heavy atom. The van der Waals surface area contributed by atoms with Crippen LogP contribution in [0.15, 0.2) is 18.2 Å². The Hall–Kier alpha value is -1.38. The van der Waals surface area contributed by atoms with Crippen molar-refractivity contribution >= 4 is 5.97 Å². The molecule has 0 unspecified atom stereocenters. The van der Waals surface area contributed by atoms with E-state index in [0.29, 0.717) is 12.3 Å². The molecule has 0 saturated heterocycles. The first-order valence-electron chi connectivity index (χ1n) is 6.91. The van der Waals surface area contributed by atoms with Crippen LogP contribution in [-0.4, -0.2) is 11.1 Å². The number of aryl methyl sites for hydroxylation is 1. The molecule has 1 saturated carbocycles. The van der Waals surface area contributed by atoms with Gasteiger partial charge >= 0.3 is 5.97 Å². The van der Waals surface area contributed by atoms with Crippen LogP contribution < -0.4 is 0 Å². The predicted octanol–water partition coefficient (Wildman–Crippen LogP) is 3.96. The molecule has 0 bridgehead atoms. The first-order valence-corrected chi connectivity index (χ1v) is 6.91. The fraction of sp³-hybridized carbons (Fsp3) is 0.562. The largest absolute Gasteiger partial charge is 0.481 e. The highest BCUT2D eigenvalue weighted by molar-refractivity contribution is 5.75. The Morgan fingerprint density at radius 2 is 2.05 bits per heavy atom. The van der Waals surface area contributed by atoms with E-state index in [2.05, 4.69) is 6.92 Å². The third-order valence-corrected chi connectivity index (χ3v) is 4.52. The summed E-state index contributed by atoms with van der Waals surface area (Å²) in [6.45, 7) is 4.02. The Bertz CT molecular complexity index is 474. The standard InChI is InChI=1S/C16H21FO2/c1-11-5-7-16(8-6-11,15(18)19)10-13-3-4-14(17)9-12(13)2/h3-4,9,11H,5-8,10H2,1-2H3,(H,18,19). The topological polar surface area (TPSA) is 37.3 Å². The van der Waals surface area contributed by atoms with Crippen LogP contribution in [0.2, 0.25) is 0 Å². The maximum Gasteiger partial charge on any atom is 0.309 e. The second-order valence-electron chi connectivity index (χ2n) is 6.02. The lowest BCUT2D eigenvalue weighted by molar-refractivity contribution is -0.151. The Morgan fingerprint density at radius 3 is 2.58 bits per heavy atom. The van der Waals surface area contributed by atoms with Crippen molar-refractivity contribution in [3.63, 3.8) is 0 Å². The van der Waals surface area contributed by atoms with Crippen molar-refractivity contribution in [3.05, 3.63) is 35.1 Å². The Balaban J connectivity index is 2.24. The van der Waals surface area contributed by atoms with Gasteiger partial charge in [0.15, 0.2) is 0 Å². The molecule has 1 aromatic carbocycles. The van der Waals surface area contributed by atoms with Gasteiger partial charge in [0, 0.05) is 0 Å². The molecule has 0 heterocycles. The summed E-state index contributed by atoms with van der Waals surface area (Å²) in [5, 5.41) is 9.61. The highest BCUT2D eigenvalue weighted by atomic mass is 19.1. The molecule has 104 valence electrons. The van der Waals surface area contributed by atoms with E-state index in [1.807, 2.05) is 6.92 Å². The molecular formula is C16H21FO2. The molecule has 1 aromatic rings. The summed E-state index contributed by atoms with van der Waals surface area (Å²) in [6, 6.07) is 4.63. The minimum atomic E-state index is -0.705. The predicted molar refractivity (Wildman–Crippen MR) is 72.5 cm³/mol. The van der Waals surface area contributed by atoms with Crippen molar-refractivity contribution < 1.29 is 14.3 Å². The third kappa shape index (κ3) is 2.96. The number of hydrogen-bond donors (Lipinski definition) is 1. The second-order valence-corrected chi connectivity index (χ2v) is 6.02. The van der Waals surface area contributed by atoms with Gasteiger partial charge in [0.2, 0.25) is 0 Å². The average Bonchev–Trinajstić information content (AvgIpc) is 2.35. The molecule has 0 atom stereocenters. The average molecular weight is 264 g/mol. The summed E-state index contributed by atoms with van der Waals surface area (Å²) in [5.41, 5.74) is 1.15. The molecule has 0 amide bonds. The number of aliphatic carboxylic acids is 1. The zero-order valence-corrected chi connectivity index (χ0v) is 11.6. The monoisotopic (exact) mass is 264 g/mol. The van der Waals surface area contributed by atoms with Crippen molar-refractivity contribution in [1.82, 2.24) is 0 Å². The van der Waals surface area contributed by atoms with Gasteiger partial charge in [-0.2, -0.15) is 0 Å². The number of carbonyl (C=O) groups is 1. The number of benzene rings is 1.